The minimum Gasteiger partial charge on any atom is -0.477 e. The second-order valence-corrected chi connectivity index (χ2v) is 6.80. The molecule has 1 saturated heterocycles. The number of para-hydroxylation sites is 2. The summed E-state index contributed by atoms with van der Waals surface area (Å²) in [6.45, 7) is 0.832. The Balaban J connectivity index is 1.61. The summed E-state index contributed by atoms with van der Waals surface area (Å²) in [4.78, 5) is 40.5. The van der Waals surface area contributed by atoms with E-state index < -0.39 is 6.10 Å². The number of benzene rings is 2. The molecule has 0 spiro atoms. The maximum absolute atomic E-state index is 13.2. The van der Waals surface area contributed by atoms with Crippen molar-refractivity contribution in [3.05, 3.63) is 54.1 Å². The van der Waals surface area contributed by atoms with Crippen LogP contribution < -0.4 is 19.9 Å². The molecule has 4 rings (SSSR count). The zero-order valence-corrected chi connectivity index (χ0v) is 15.6. The van der Waals surface area contributed by atoms with Crippen LogP contribution in [0.1, 0.15) is 23.2 Å². The number of amides is 3. The van der Waals surface area contributed by atoms with Crippen LogP contribution in [0.2, 0.25) is 0 Å². The number of anilines is 2. The molecule has 0 aliphatic carbocycles. The van der Waals surface area contributed by atoms with Crippen molar-refractivity contribution in [2.24, 2.45) is 0 Å². The second kappa shape index (κ2) is 7.34. The van der Waals surface area contributed by atoms with Gasteiger partial charge in [0.2, 0.25) is 5.91 Å². The molecule has 1 atom stereocenters. The van der Waals surface area contributed by atoms with E-state index in [2.05, 4.69) is 5.32 Å². The molecule has 28 heavy (non-hydrogen) atoms. The number of fused-ring (bicyclic) bond motifs is 1. The van der Waals surface area contributed by atoms with Gasteiger partial charge in [0.25, 0.3) is 11.8 Å². The SMILES string of the molecule is CNC(=O)[C@H]1CN(C(=O)c2ccc(N3CCCC3=O)cc2)c2ccccc2O1. The van der Waals surface area contributed by atoms with Crippen LogP contribution in [0.5, 0.6) is 5.75 Å². The van der Waals surface area contributed by atoms with E-state index in [-0.39, 0.29) is 24.3 Å². The highest BCUT2D eigenvalue weighted by Crippen LogP contribution is 2.34. The van der Waals surface area contributed by atoms with Gasteiger partial charge in [-0.1, -0.05) is 12.1 Å². The Morgan fingerprint density at radius 3 is 2.54 bits per heavy atom. The Bertz CT molecular complexity index is 926. The average molecular weight is 379 g/mol. The Kier molecular flexibility index (Phi) is 4.73. The Labute approximate surface area is 162 Å². The van der Waals surface area contributed by atoms with E-state index in [0.717, 1.165) is 12.1 Å². The minimum atomic E-state index is -0.773. The highest BCUT2D eigenvalue weighted by Gasteiger charge is 2.33. The molecule has 0 radical (unpaired) electrons. The number of carbonyl (C=O) groups is 3. The molecular formula is C21H21N3O4. The summed E-state index contributed by atoms with van der Waals surface area (Å²) < 4.78 is 5.75. The largest absolute Gasteiger partial charge is 0.477 e. The highest BCUT2D eigenvalue weighted by atomic mass is 16.5. The predicted molar refractivity (Wildman–Crippen MR) is 105 cm³/mol. The fraction of sp³-hybridized carbons (Fsp3) is 0.286. The van der Waals surface area contributed by atoms with E-state index in [9.17, 15) is 14.4 Å². The maximum Gasteiger partial charge on any atom is 0.262 e. The van der Waals surface area contributed by atoms with Gasteiger partial charge >= 0.3 is 0 Å². The third kappa shape index (κ3) is 3.19. The molecular weight excluding hydrogens is 358 g/mol. The Hall–Kier alpha value is -3.35. The van der Waals surface area contributed by atoms with Crippen molar-refractivity contribution in [2.45, 2.75) is 18.9 Å². The molecule has 1 fully saturated rings. The fourth-order valence-electron chi connectivity index (χ4n) is 3.59. The van der Waals surface area contributed by atoms with Crippen LogP contribution in [0, 0.1) is 0 Å². The van der Waals surface area contributed by atoms with E-state index >= 15 is 0 Å². The molecule has 1 N–H and O–H groups in total. The lowest BCUT2D eigenvalue weighted by Gasteiger charge is -2.34. The summed E-state index contributed by atoms with van der Waals surface area (Å²) in [5.74, 6) is 0.101. The van der Waals surface area contributed by atoms with E-state index in [4.69, 9.17) is 4.74 Å². The minimum absolute atomic E-state index is 0.106. The molecule has 2 aromatic carbocycles. The van der Waals surface area contributed by atoms with Gasteiger partial charge in [-0.25, -0.2) is 0 Å². The predicted octanol–water partition coefficient (Wildman–Crippen LogP) is 1.97. The second-order valence-electron chi connectivity index (χ2n) is 6.80. The first-order valence-electron chi connectivity index (χ1n) is 9.28. The zero-order chi connectivity index (χ0) is 19.7. The van der Waals surface area contributed by atoms with Gasteiger partial charge in [-0.15, -0.1) is 0 Å². The lowest BCUT2D eigenvalue weighted by Crippen LogP contribution is -2.50. The number of ether oxygens (including phenoxy) is 1. The molecule has 144 valence electrons. The van der Waals surface area contributed by atoms with Gasteiger partial charge in [0.15, 0.2) is 6.10 Å². The van der Waals surface area contributed by atoms with E-state index in [1.54, 1.807) is 52.3 Å². The molecule has 0 unspecified atom stereocenters. The lowest BCUT2D eigenvalue weighted by atomic mass is 10.1. The standard InChI is InChI=1S/C21H21N3O4/c1-22-20(26)18-13-24(16-5-2-3-6-17(16)28-18)21(27)14-8-10-15(11-9-14)23-12-4-7-19(23)25/h2-3,5-6,8-11,18H,4,7,12-13H2,1H3,(H,22,26)/t18-/m1/s1. The van der Waals surface area contributed by atoms with Crippen LogP contribution in [0.25, 0.3) is 0 Å². The van der Waals surface area contributed by atoms with Gasteiger partial charge in [-0.05, 0) is 42.8 Å². The molecule has 3 amide bonds. The molecule has 2 heterocycles. The summed E-state index contributed by atoms with van der Waals surface area (Å²) >= 11 is 0. The number of nitrogens with one attached hydrogen (secondary N) is 1. The first kappa shape index (κ1) is 18.0. The quantitative estimate of drug-likeness (QED) is 0.884. The summed E-state index contributed by atoms with van der Waals surface area (Å²) in [5, 5.41) is 2.57. The normalized spacial score (nSPS) is 18.5. The van der Waals surface area contributed by atoms with Crippen molar-refractivity contribution in [3.63, 3.8) is 0 Å². The molecule has 0 bridgehead atoms. The summed E-state index contributed by atoms with van der Waals surface area (Å²) in [6, 6.07) is 14.2. The van der Waals surface area contributed by atoms with Crippen LogP contribution in [0.15, 0.2) is 48.5 Å². The number of hydrogen-bond donors (Lipinski definition) is 1. The van der Waals surface area contributed by atoms with Gasteiger partial charge in [-0.2, -0.15) is 0 Å². The highest BCUT2D eigenvalue weighted by molar-refractivity contribution is 6.08. The number of carbonyl (C=O) groups excluding carboxylic acids is 3. The van der Waals surface area contributed by atoms with Crippen molar-refractivity contribution in [3.8, 4) is 5.75 Å². The average Bonchev–Trinajstić information content (AvgIpc) is 3.17. The molecule has 2 aromatic rings. The maximum atomic E-state index is 13.2. The lowest BCUT2D eigenvalue weighted by molar-refractivity contribution is -0.127. The fourth-order valence-corrected chi connectivity index (χ4v) is 3.59. The van der Waals surface area contributed by atoms with Gasteiger partial charge in [0.05, 0.1) is 12.2 Å². The summed E-state index contributed by atoms with van der Waals surface area (Å²) in [6.07, 6.45) is 0.641. The third-order valence-corrected chi connectivity index (χ3v) is 5.06. The third-order valence-electron chi connectivity index (χ3n) is 5.06. The van der Waals surface area contributed by atoms with Crippen LogP contribution >= 0.6 is 0 Å². The summed E-state index contributed by atoms with van der Waals surface area (Å²) in [5.41, 5.74) is 1.92. The summed E-state index contributed by atoms with van der Waals surface area (Å²) in [7, 11) is 1.54. The topological polar surface area (TPSA) is 79.0 Å². The van der Waals surface area contributed by atoms with Crippen molar-refractivity contribution in [1.82, 2.24) is 5.32 Å². The Morgan fingerprint density at radius 2 is 1.86 bits per heavy atom. The Morgan fingerprint density at radius 1 is 1.11 bits per heavy atom. The van der Waals surface area contributed by atoms with Gasteiger partial charge in [0.1, 0.15) is 5.75 Å². The molecule has 2 aliphatic rings. The van der Waals surface area contributed by atoms with E-state index in [1.165, 1.54) is 7.05 Å². The first-order valence-corrected chi connectivity index (χ1v) is 9.28. The monoisotopic (exact) mass is 379 g/mol. The number of likely N-dealkylation sites (N-methyl/N-ethyl adjacent to an activating group) is 1. The van der Waals surface area contributed by atoms with Crippen molar-refractivity contribution in [2.75, 3.05) is 29.9 Å². The molecule has 2 aliphatic heterocycles. The molecule has 0 aromatic heterocycles. The van der Waals surface area contributed by atoms with Gasteiger partial charge in [0, 0.05) is 31.3 Å². The smallest absolute Gasteiger partial charge is 0.262 e. The van der Waals surface area contributed by atoms with Crippen LogP contribution in [0.4, 0.5) is 11.4 Å². The zero-order valence-electron chi connectivity index (χ0n) is 15.6. The molecule has 7 heteroatoms. The van der Waals surface area contributed by atoms with Crippen LogP contribution in [-0.2, 0) is 9.59 Å². The van der Waals surface area contributed by atoms with Crippen molar-refractivity contribution in [1.29, 1.82) is 0 Å². The molecule has 7 nitrogen and oxygen atoms in total. The van der Waals surface area contributed by atoms with Crippen LogP contribution in [-0.4, -0.2) is 44.0 Å². The number of nitrogens with zero attached hydrogens (tertiary/aromatic N) is 2. The van der Waals surface area contributed by atoms with E-state index in [1.807, 2.05) is 6.07 Å². The van der Waals surface area contributed by atoms with Crippen LogP contribution in [0.3, 0.4) is 0 Å². The number of rotatable bonds is 3. The first-order chi connectivity index (χ1) is 13.6. The van der Waals surface area contributed by atoms with E-state index in [0.29, 0.717) is 30.0 Å². The van der Waals surface area contributed by atoms with Gasteiger partial charge < -0.3 is 19.9 Å². The number of hydrogen-bond acceptors (Lipinski definition) is 4. The molecule has 0 saturated carbocycles. The van der Waals surface area contributed by atoms with Crippen molar-refractivity contribution < 1.29 is 19.1 Å². The van der Waals surface area contributed by atoms with Crippen molar-refractivity contribution >= 4 is 29.1 Å². The van der Waals surface area contributed by atoms with Gasteiger partial charge in [-0.3, -0.25) is 14.4 Å².